The van der Waals surface area contributed by atoms with E-state index in [4.69, 9.17) is 21.1 Å². The van der Waals surface area contributed by atoms with E-state index in [9.17, 15) is 4.79 Å². The van der Waals surface area contributed by atoms with Crippen LogP contribution in [0.25, 0.3) is 0 Å². The molecule has 0 bridgehead atoms. The number of amides is 1. The predicted molar refractivity (Wildman–Crippen MR) is 92.6 cm³/mol. The van der Waals surface area contributed by atoms with Gasteiger partial charge in [-0.2, -0.15) is 0 Å². The van der Waals surface area contributed by atoms with Crippen LogP contribution in [0, 0.1) is 0 Å². The quantitative estimate of drug-likeness (QED) is 0.821. The van der Waals surface area contributed by atoms with E-state index in [0.29, 0.717) is 30.2 Å². The number of hydrogen-bond acceptors (Lipinski definition) is 3. The van der Waals surface area contributed by atoms with E-state index in [1.54, 1.807) is 13.2 Å². The molecule has 0 unspecified atom stereocenters. The Bertz CT molecular complexity index is 656. The molecular weight excluding hydrogens is 314 g/mol. The SMILES string of the molecule is CCOc1ccc(NC(=O)CCc2cccc(OC)c2Cl)cc1. The van der Waals surface area contributed by atoms with Gasteiger partial charge in [0.15, 0.2) is 0 Å². The molecule has 0 aliphatic heterocycles. The first-order chi connectivity index (χ1) is 11.1. The van der Waals surface area contributed by atoms with Gasteiger partial charge >= 0.3 is 0 Å². The first-order valence-electron chi connectivity index (χ1n) is 7.48. The number of carbonyl (C=O) groups is 1. The first kappa shape index (κ1) is 17.2. The van der Waals surface area contributed by atoms with Crippen molar-refractivity contribution in [1.29, 1.82) is 0 Å². The molecule has 2 aromatic rings. The maximum absolute atomic E-state index is 12.0. The number of carbonyl (C=O) groups excluding carboxylic acids is 1. The van der Waals surface area contributed by atoms with Crippen LogP contribution in [0.1, 0.15) is 18.9 Å². The van der Waals surface area contributed by atoms with E-state index >= 15 is 0 Å². The summed E-state index contributed by atoms with van der Waals surface area (Å²) in [4.78, 5) is 12.0. The summed E-state index contributed by atoms with van der Waals surface area (Å²) in [6.07, 6.45) is 0.902. The van der Waals surface area contributed by atoms with Crippen LogP contribution < -0.4 is 14.8 Å². The molecule has 1 amide bonds. The third kappa shape index (κ3) is 4.89. The fraction of sp³-hybridized carbons (Fsp3) is 0.278. The van der Waals surface area contributed by atoms with Crippen molar-refractivity contribution in [3.05, 3.63) is 53.1 Å². The third-order valence-electron chi connectivity index (χ3n) is 3.33. The lowest BCUT2D eigenvalue weighted by molar-refractivity contribution is -0.116. The largest absolute Gasteiger partial charge is 0.495 e. The van der Waals surface area contributed by atoms with E-state index in [1.807, 2.05) is 43.3 Å². The molecule has 0 radical (unpaired) electrons. The van der Waals surface area contributed by atoms with E-state index in [2.05, 4.69) is 5.32 Å². The van der Waals surface area contributed by atoms with Crippen molar-refractivity contribution in [1.82, 2.24) is 0 Å². The average Bonchev–Trinajstić information content (AvgIpc) is 2.56. The highest BCUT2D eigenvalue weighted by Crippen LogP contribution is 2.28. The van der Waals surface area contributed by atoms with Crippen LogP contribution in [0.15, 0.2) is 42.5 Å². The number of methoxy groups -OCH3 is 1. The molecule has 0 fully saturated rings. The van der Waals surface area contributed by atoms with Crippen LogP contribution in [-0.4, -0.2) is 19.6 Å². The molecule has 0 aliphatic carbocycles. The summed E-state index contributed by atoms with van der Waals surface area (Å²) < 4.78 is 10.5. The Morgan fingerprint density at radius 3 is 2.57 bits per heavy atom. The Kier molecular flexibility index (Phi) is 6.29. The molecule has 0 aromatic heterocycles. The van der Waals surface area contributed by atoms with Gasteiger partial charge in [-0.15, -0.1) is 0 Å². The van der Waals surface area contributed by atoms with Crippen LogP contribution in [0.5, 0.6) is 11.5 Å². The van der Waals surface area contributed by atoms with Gasteiger partial charge in [0, 0.05) is 12.1 Å². The predicted octanol–water partition coefficient (Wildman–Crippen LogP) is 4.32. The second kappa shape index (κ2) is 8.44. The summed E-state index contributed by atoms with van der Waals surface area (Å²) in [7, 11) is 1.57. The van der Waals surface area contributed by atoms with Crippen molar-refractivity contribution in [2.24, 2.45) is 0 Å². The van der Waals surface area contributed by atoms with Gasteiger partial charge in [-0.3, -0.25) is 4.79 Å². The standard InChI is InChI=1S/C18H20ClNO3/c1-3-23-15-10-8-14(9-11-15)20-17(21)12-7-13-5-4-6-16(22-2)18(13)19/h4-6,8-11H,3,7,12H2,1-2H3,(H,20,21). The normalized spacial score (nSPS) is 10.2. The second-order valence-corrected chi connectivity index (χ2v) is 5.32. The summed E-state index contributed by atoms with van der Waals surface area (Å²) in [6.45, 7) is 2.55. The molecule has 23 heavy (non-hydrogen) atoms. The zero-order valence-corrected chi connectivity index (χ0v) is 14.0. The van der Waals surface area contributed by atoms with Crippen molar-refractivity contribution >= 4 is 23.2 Å². The minimum Gasteiger partial charge on any atom is -0.495 e. The van der Waals surface area contributed by atoms with Crippen LogP contribution in [0.2, 0.25) is 5.02 Å². The highest BCUT2D eigenvalue weighted by molar-refractivity contribution is 6.32. The zero-order chi connectivity index (χ0) is 16.7. The lowest BCUT2D eigenvalue weighted by Gasteiger charge is -2.09. The van der Waals surface area contributed by atoms with Gasteiger partial charge in [0.1, 0.15) is 11.5 Å². The maximum Gasteiger partial charge on any atom is 0.224 e. The highest BCUT2D eigenvalue weighted by atomic mass is 35.5. The van der Waals surface area contributed by atoms with Crippen molar-refractivity contribution < 1.29 is 14.3 Å². The third-order valence-corrected chi connectivity index (χ3v) is 3.76. The maximum atomic E-state index is 12.0. The highest BCUT2D eigenvalue weighted by Gasteiger charge is 2.09. The molecule has 0 spiro atoms. The summed E-state index contributed by atoms with van der Waals surface area (Å²) in [6, 6.07) is 12.9. The summed E-state index contributed by atoms with van der Waals surface area (Å²) >= 11 is 6.23. The molecule has 0 saturated heterocycles. The van der Waals surface area contributed by atoms with Crippen molar-refractivity contribution in [3.63, 3.8) is 0 Å². The van der Waals surface area contributed by atoms with Gasteiger partial charge in [-0.25, -0.2) is 0 Å². The van der Waals surface area contributed by atoms with Crippen molar-refractivity contribution in [2.75, 3.05) is 19.0 Å². The van der Waals surface area contributed by atoms with Crippen LogP contribution in [0.3, 0.4) is 0 Å². The Hall–Kier alpha value is -2.20. The molecule has 0 aliphatic rings. The topological polar surface area (TPSA) is 47.6 Å². The van der Waals surface area contributed by atoms with E-state index in [-0.39, 0.29) is 5.91 Å². The molecule has 5 heteroatoms. The van der Waals surface area contributed by atoms with Gasteiger partial charge in [0.25, 0.3) is 0 Å². The summed E-state index contributed by atoms with van der Waals surface area (Å²) in [5, 5.41) is 3.42. The molecule has 2 aromatic carbocycles. The van der Waals surface area contributed by atoms with E-state index < -0.39 is 0 Å². The number of hydrogen-bond donors (Lipinski definition) is 1. The Balaban J connectivity index is 1.90. The number of rotatable bonds is 7. The number of benzene rings is 2. The minimum atomic E-state index is -0.0620. The smallest absolute Gasteiger partial charge is 0.224 e. The van der Waals surface area contributed by atoms with Crippen LogP contribution in [-0.2, 0) is 11.2 Å². The Morgan fingerprint density at radius 1 is 1.17 bits per heavy atom. The Labute approximate surface area is 141 Å². The number of aryl methyl sites for hydroxylation is 1. The molecular formula is C18H20ClNO3. The first-order valence-corrected chi connectivity index (χ1v) is 7.86. The fourth-order valence-corrected chi connectivity index (χ4v) is 2.48. The second-order valence-electron chi connectivity index (χ2n) is 4.94. The lowest BCUT2D eigenvalue weighted by Crippen LogP contribution is -2.12. The monoisotopic (exact) mass is 333 g/mol. The fourth-order valence-electron chi connectivity index (χ4n) is 2.18. The van der Waals surface area contributed by atoms with E-state index in [1.165, 1.54) is 0 Å². The number of nitrogens with one attached hydrogen (secondary N) is 1. The van der Waals surface area contributed by atoms with Gasteiger partial charge in [0.05, 0.1) is 18.7 Å². The molecule has 0 atom stereocenters. The van der Waals surface area contributed by atoms with Gasteiger partial charge in [-0.1, -0.05) is 23.7 Å². The van der Waals surface area contributed by atoms with Crippen LogP contribution in [0.4, 0.5) is 5.69 Å². The van der Waals surface area contributed by atoms with Gasteiger partial charge < -0.3 is 14.8 Å². The molecule has 0 saturated carbocycles. The van der Waals surface area contributed by atoms with Crippen molar-refractivity contribution in [3.8, 4) is 11.5 Å². The molecule has 122 valence electrons. The van der Waals surface area contributed by atoms with E-state index in [0.717, 1.165) is 17.0 Å². The minimum absolute atomic E-state index is 0.0620. The molecule has 2 rings (SSSR count). The summed E-state index contributed by atoms with van der Waals surface area (Å²) in [5.74, 6) is 1.35. The molecule has 1 N–H and O–H groups in total. The Morgan fingerprint density at radius 2 is 1.91 bits per heavy atom. The molecule has 4 nitrogen and oxygen atoms in total. The molecule has 0 heterocycles. The van der Waals surface area contributed by atoms with Crippen LogP contribution >= 0.6 is 11.6 Å². The zero-order valence-electron chi connectivity index (χ0n) is 13.3. The van der Waals surface area contributed by atoms with Gasteiger partial charge in [0.2, 0.25) is 5.91 Å². The average molecular weight is 334 g/mol. The van der Waals surface area contributed by atoms with Gasteiger partial charge in [-0.05, 0) is 49.2 Å². The number of halogens is 1. The number of anilines is 1. The number of ether oxygens (including phenoxy) is 2. The summed E-state index contributed by atoms with van der Waals surface area (Å²) in [5.41, 5.74) is 1.64. The van der Waals surface area contributed by atoms with Crippen molar-refractivity contribution in [2.45, 2.75) is 19.8 Å². The lowest BCUT2D eigenvalue weighted by atomic mass is 10.1.